The van der Waals surface area contributed by atoms with Crippen LogP contribution in [0.4, 0.5) is 0 Å². The van der Waals surface area contributed by atoms with Gasteiger partial charge in [-0.1, -0.05) is 0 Å². The third kappa shape index (κ3) is 1.83. The van der Waals surface area contributed by atoms with Crippen LogP contribution in [-0.2, 0) is 0 Å². The summed E-state index contributed by atoms with van der Waals surface area (Å²) in [6.07, 6.45) is 0. The second-order valence-corrected chi connectivity index (χ2v) is 3.41. The standard InChI is InChI=1S/C8H10N2OS/c9-2-6-1-8(12-5-6)7(3-10)4-11/h1,5,7,11H,3-4,10H2. The highest BCUT2D eigenvalue weighted by Crippen LogP contribution is 2.22. The van der Waals surface area contributed by atoms with Crippen LogP contribution >= 0.6 is 11.3 Å². The smallest absolute Gasteiger partial charge is 0.100 e. The fourth-order valence-electron chi connectivity index (χ4n) is 0.906. The van der Waals surface area contributed by atoms with Crippen LogP contribution in [0.2, 0.25) is 0 Å². The molecule has 0 radical (unpaired) electrons. The molecule has 0 amide bonds. The van der Waals surface area contributed by atoms with Crippen LogP contribution in [0, 0.1) is 11.3 Å². The van der Waals surface area contributed by atoms with Crippen molar-refractivity contribution in [3.63, 3.8) is 0 Å². The number of hydrogen-bond donors (Lipinski definition) is 2. The third-order valence-electron chi connectivity index (χ3n) is 1.66. The molecule has 0 saturated carbocycles. The molecule has 0 aromatic carbocycles. The zero-order valence-electron chi connectivity index (χ0n) is 6.53. The Morgan fingerprint density at radius 3 is 2.92 bits per heavy atom. The molecule has 3 N–H and O–H groups in total. The zero-order valence-corrected chi connectivity index (χ0v) is 7.34. The van der Waals surface area contributed by atoms with Gasteiger partial charge in [0, 0.05) is 22.7 Å². The van der Waals surface area contributed by atoms with E-state index in [1.165, 1.54) is 11.3 Å². The maximum atomic E-state index is 8.91. The molecular weight excluding hydrogens is 172 g/mol. The molecule has 0 spiro atoms. The van der Waals surface area contributed by atoms with Gasteiger partial charge in [-0.15, -0.1) is 11.3 Å². The van der Waals surface area contributed by atoms with Crippen LogP contribution in [0.15, 0.2) is 11.4 Å². The Morgan fingerprint density at radius 1 is 1.75 bits per heavy atom. The van der Waals surface area contributed by atoms with Crippen molar-refractivity contribution in [2.24, 2.45) is 5.73 Å². The number of nitrogens with zero attached hydrogens (tertiary/aromatic N) is 1. The van der Waals surface area contributed by atoms with E-state index < -0.39 is 0 Å². The minimum atomic E-state index is -0.0166. The van der Waals surface area contributed by atoms with Crippen LogP contribution in [0.1, 0.15) is 16.4 Å². The lowest BCUT2D eigenvalue weighted by atomic mass is 10.1. The Morgan fingerprint density at radius 2 is 2.50 bits per heavy atom. The molecule has 1 atom stereocenters. The summed E-state index contributed by atoms with van der Waals surface area (Å²) in [4.78, 5) is 0.983. The molecule has 0 aliphatic carbocycles. The molecule has 1 rings (SSSR count). The molecule has 3 nitrogen and oxygen atoms in total. The molecule has 0 aliphatic heterocycles. The van der Waals surface area contributed by atoms with Gasteiger partial charge in [-0.3, -0.25) is 0 Å². The van der Waals surface area contributed by atoms with Gasteiger partial charge in [0.05, 0.1) is 12.2 Å². The van der Waals surface area contributed by atoms with Crippen molar-refractivity contribution >= 4 is 11.3 Å². The minimum absolute atomic E-state index is 0.0166. The lowest BCUT2D eigenvalue weighted by Crippen LogP contribution is -2.14. The molecule has 0 fully saturated rings. The van der Waals surface area contributed by atoms with E-state index in [0.717, 1.165) is 4.88 Å². The van der Waals surface area contributed by atoms with Crippen LogP contribution in [-0.4, -0.2) is 18.3 Å². The summed E-state index contributed by atoms with van der Waals surface area (Å²) in [6, 6.07) is 3.81. The topological polar surface area (TPSA) is 70.0 Å². The van der Waals surface area contributed by atoms with Gasteiger partial charge in [-0.25, -0.2) is 0 Å². The Hall–Kier alpha value is -0.890. The summed E-state index contributed by atoms with van der Waals surface area (Å²) < 4.78 is 0. The fourth-order valence-corrected chi connectivity index (χ4v) is 1.85. The average molecular weight is 182 g/mol. The van der Waals surface area contributed by atoms with Crippen molar-refractivity contribution < 1.29 is 5.11 Å². The van der Waals surface area contributed by atoms with Crippen molar-refractivity contribution in [1.29, 1.82) is 5.26 Å². The van der Waals surface area contributed by atoms with E-state index in [4.69, 9.17) is 16.1 Å². The highest BCUT2D eigenvalue weighted by atomic mass is 32.1. The molecule has 0 aliphatic rings. The van der Waals surface area contributed by atoms with Gasteiger partial charge in [0.25, 0.3) is 0 Å². The van der Waals surface area contributed by atoms with E-state index in [0.29, 0.717) is 12.1 Å². The molecule has 1 aromatic rings. The summed E-state index contributed by atoms with van der Waals surface area (Å²) in [5.41, 5.74) is 6.07. The van der Waals surface area contributed by atoms with Crippen molar-refractivity contribution in [2.75, 3.05) is 13.2 Å². The third-order valence-corrected chi connectivity index (χ3v) is 2.75. The van der Waals surface area contributed by atoms with Crippen LogP contribution in [0.3, 0.4) is 0 Å². The van der Waals surface area contributed by atoms with Gasteiger partial charge in [-0.05, 0) is 6.07 Å². The summed E-state index contributed by atoms with van der Waals surface area (Å²) in [5.74, 6) is -0.0166. The van der Waals surface area contributed by atoms with Gasteiger partial charge in [0.15, 0.2) is 0 Å². The predicted molar refractivity (Wildman–Crippen MR) is 47.9 cm³/mol. The minimum Gasteiger partial charge on any atom is -0.396 e. The second-order valence-electron chi connectivity index (χ2n) is 2.46. The lowest BCUT2D eigenvalue weighted by molar-refractivity contribution is 0.269. The average Bonchev–Trinajstić information content (AvgIpc) is 2.55. The molecule has 1 unspecified atom stereocenters. The molecule has 1 heterocycles. The molecule has 12 heavy (non-hydrogen) atoms. The normalized spacial score (nSPS) is 12.4. The van der Waals surface area contributed by atoms with E-state index >= 15 is 0 Å². The van der Waals surface area contributed by atoms with E-state index in [1.54, 1.807) is 11.4 Å². The number of aliphatic hydroxyl groups is 1. The van der Waals surface area contributed by atoms with Crippen LogP contribution in [0.5, 0.6) is 0 Å². The summed E-state index contributed by atoms with van der Waals surface area (Å²) >= 11 is 1.47. The quantitative estimate of drug-likeness (QED) is 0.721. The first-order valence-electron chi connectivity index (χ1n) is 3.61. The Kier molecular flexibility index (Phi) is 3.23. The Bertz CT molecular complexity index is 285. The number of nitriles is 1. The number of hydrogen-bond acceptors (Lipinski definition) is 4. The maximum absolute atomic E-state index is 8.91. The van der Waals surface area contributed by atoms with E-state index in [1.807, 2.05) is 6.07 Å². The highest BCUT2D eigenvalue weighted by molar-refractivity contribution is 7.10. The summed E-state index contributed by atoms with van der Waals surface area (Å²) in [7, 11) is 0. The van der Waals surface area contributed by atoms with E-state index in [-0.39, 0.29) is 12.5 Å². The number of nitrogens with two attached hydrogens (primary N) is 1. The largest absolute Gasteiger partial charge is 0.396 e. The van der Waals surface area contributed by atoms with E-state index in [2.05, 4.69) is 0 Å². The first kappa shape index (κ1) is 9.20. The molecule has 0 bridgehead atoms. The number of thiophene rings is 1. The van der Waals surface area contributed by atoms with Gasteiger partial charge in [0.2, 0.25) is 0 Å². The molecule has 4 heteroatoms. The second kappa shape index (κ2) is 4.21. The molecule has 0 saturated heterocycles. The van der Waals surface area contributed by atoms with E-state index in [9.17, 15) is 0 Å². The number of aliphatic hydroxyl groups excluding tert-OH is 1. The Labute approximate surface area is 75.1 Å². The SMILES string of the molecule is N#Cc1csc(C(CN)CO)c1. The van der Waals surface area contributed by atoms with Gasteiger partial charge < -0.3 is 10.8 Å². The van der Waals surface area contributed by atoms with Crippen molar-refractivity contribution in [2.45, 2.75) is 5.92 Å². The number of rotatable bonds is 3. The van der Waals surface area contributed by atoms with Gasteiger partial charge >= 0.3 is 0 Å². The summed E-state index contributed by atoms with van der Waals surface area (Å²) in [6.45, 7) is 0.462. The van der Waals surface area contributed by atoms with Crippen molar-refractivity contribution in [3.8, 4) is 6.07 Å². The lowest BCUT2D eigenvalue weighted by Gasteiger charge is -2.06. The first-order chi connectivity index (χ1) is 5.81. The Balaban J connectivity index is 2.81. The molecular formula is C8H10N2OS. The van der Waals surface area contributed by atoms with Gasteiger partial charge in [0.1, 0.15) is 6.07 Å². The molecule has 64 valence electrons. The maximum Gasteiger partial charge on any atom is 0.100 e. The monoisotopic (exact) mass is 182 g/mol. The zero-order chi connectivity index (χ0) is 8.97. The highest BCUT2D eigenvalue weighted by Gasteiger charge is 2.10. The van der Waals surface area contributed by atoms with Crippen molar-refractivity contribution in [1.82, 2.24) is 0 Å². The predicted octanol–water partition coefficient (Wildman–Crippen LogP) is 0.654. The van der Waals surface area contributed by atoms with Gasteiger partial charge in [-0.2, -0.15) is 5.26 Å². The van der Waals surface area contributed by atoms with Crippen LogP contribution < -0.4 is 5.73 Å². The summed E-state index contributed by atoms with van der Waals surface area (Å²) in [5, 5.41) is 19.2. The first-order valence-corrected chi connectivity index (χ1v) is 4.49. The van der Waals surface area contributed by atoms with Crippen molar-refractivity contribution in [3.05, 3.63) is 21.9 Å². The molecule has 1 aromatic heterocycles. The van der Waals surface area contributed by atoms with Crippen LogP contribution in [0.25, 0.3) is 0 Å². The fraction of sp³-hybridized carbons (Fsp3) is 0.375.